The summed E-state index contributed by atoms with van der Waals surface area (Å²) in [5, 5.41) is 0. The van der Waals surface area contributed by atoms with Crippen molar-refractivity contribution >= 4 is 0 Å². The molecule has 0 N–H and O–H groups in total. The zero-order valence-corrected chi connectivity index (χ0v) is 9.00. The Kier molecular flexibility index (Phi) is 8.06. The molecule has 3 nitrogen and oxygen atoms in total. The Hall–Kier alpha value is -0.120. The predicted octanol–water partition coefficient (Wildman–Crippen LogP) is 2.00. The van der Waals surface area contributed by atoms with Crippen LogP contribution in [0.1, 0.15) is 32.1 Å². The Morgan fingerprint density at radius 2 is 0.643 bits per heavy atom. The van der Waals surface area contributed by atoms with Gasteiger partial charge in [0, 0.05) is 39.6 Å². The lowest BCUT2D eigenvalue weighted by molar-refractivity contribution is 0.0367. The third-order valence-electron chi connectivity index (χ3n) is 2.23. The van der Waals surface area contributed by atoms with Crippen molar-refractivity contribution in [1.29, 1.82) is 0 Å². The summed E-state index contributed by atoms with van der Waals surface area (Å²) in [7, 11) is 0. The van der Waals surface area contributed by atoms with Crippen LogP contribution in [0, 0.1) is 0 Å². The summed E-state index contributed by atoms with van der Waals surface area (Å²) in [6.07, 6.45) is 6.39. The van der Waals surface area contributed by atoms with Gasteiger partial charge in [0.1, 0.15) is 0 Å². The van der Waals surface area contributed by atoms with Crippen LogP contribution in [-0.2, 0) is 14.2 Å². The van der Waals surface area contributed by atoms with Crippen LogP contribution in [0.5, 0.6) is 0 Å². The number of hydrogen-bond acceptors (Lipinski definition) is 3. The van der Waals surface area contributed by atoms with E-state index in [9.17, 15) is 0 Å². The van der Waals surface area contributed by atoms with Crippen molar-refractivity contribution in [3.63, 3.8) is 0 Å². The minimum Gasteiger partial charge on any atom is -0.381 e. The highest BCUT2D eigenvalue weighted by Crippen LogP contribution is 1.98. The first-order valence-electron chi connectivity index (χ1n) is 5.73. The van der Waals surface area contributed by atoms with Crippen molar-refractivity contribution in [1.82, 2.24) is 0 Å². The first-order valence-corrected chi connectivity index (χ1v) is 5.73. The van der Waals surface area contributed by atoms with Crippen molar-refractivity contribution in [3.05, 3.63) is 0 Å². The van der Waals surface area contributed by atoms with Gasteiger partial charge in [-0.25, -0.2) is 0 Å². The molecule has 0 radical (unpaired) electrons. The van der Waals surface area contributed by atoms with E-state index >= 15 is 0 Å². The molecule has 0 spiro atoms. The van der Waals surface area contributed by atoms with E-state index < -0.39 is 0 Å². The van der Waals surface area contributed by atoms with E-state index in [0.717, 1.165) is 39.6 Å². The van der Waals surface area contributed by atoms with E-state index in [0.29, 0.717) is 0 Å². The zero-order valence-electron chi connectivity index (χ0n) is 9.00. The molecule has 3 aliphatic heterocycles. The third-order valence-corrected chi connectivity index (χ3v) is 2.23. The quantitative estimate of drug-likeness (QED) is 0.601. The molecule has 0 unspecified atom stereocenters. The van der Waals surface area contributed by atoms with Gasteiger partial charge in [0.05, 0.1) is 0 Å². The van der Waals surface area contributed by atoms with E-state index in [1.165, 1.54) is 32.1 Å². The van der Waals surface area contributed by atoms with Crippen LogP contribution in [0.4, 0.5) is 0 Å². The van der Waals surface area contributed by atoms with Crippen LogP contribution in [0.2, 0.25) is 0 Å². The standard InChI is InChI=1S/2C4H8O.C3H6O/c2*1-2-4-5-3-1;1-2-4-3-1/h2*1-4H2;1-3H2. The lowest BCUT2D eigenvalue weighted by Crippen LogP contribution is -2.09. The Morgan fingerprint density at radius 3 is 0.714 bits per heavy atom. The molecule has 14 heavy (non-hydrogen) atoms. The average molecular weight is 202 g/mol. The predicted molar refractivity (Wildman–Crippen MR) is 55.5 cm³/mol. The van der Waals surface area contributed by atoms with Gasteiger partial charge in [0.25, 0.3) is 0 Å². The van der Waals surface area contributed by atoms with Gasteiger partial charge in [0.2, 0.25) is 0 Å². The third kappa shape index (κ3) is 7.30. The maximum atomic E-state index is 4.94. The molecule has 0 aliphatic carbocycles. The van der Waals surface area contributed by atoms with Crippen LogP contribution in [0.15, 0.2) is 0 Å². The van der Waals surface area contributed by atoms with Crippen molar-refractivity contribution < 1.29 is 14.2 Å². The van der Waals surface area contributed by atoms with Gasteiger partial charge in [-0.05, 0) is 32.1 Å². The van der Waals surface area contributed by atoms with Crippen LogP contribution < -0.4 is 0 Å². The molecule has 0 aromatic rings. The number of rotatable bonds is 0. The molecule has 3 rings (SSSR count). The maximum Gasteiger partial charge on any atom is 0.0488 e. The summed E-state index contributed by atoms with van der Waals surface area (Å²) in [5.74, 6) is 0. The van der Waals surface area contributed by atoms with Gasteiger partial charge in [0.15, 0.2) is 0 Å². The topological polar surface area (TPSA) is 27.7 Å². The normalized spacial score (nSPS) is 24.0. The molecule has 3 aliphatic rings. The van der Waals surface area contributed by atoms with Gasteiger partial charge in [-0.2, -0.15) is 0 Å². The van der Waals surface area contributed by atoms with E-state index in [4.69, 9.17) is 14.2 Å². The van der Waals surface area contributed by atoms with Gasteiger partial charge >= 0.3 is 0 Å². The molecule has 3 heterocycles. The molecule has 3 heteroatoms. The second-order valence-electron chi connectivity index (χ2n) is 3.60. The summed E-state index contributed by atoms with van der Waals surface area (Å²) in [4.78, 5) is 0. The Labute approximate surface area is 86.7 Å². The fourth-order valence-electron chi connectivity index (χ4n) is 1.16. The highest BCUT2D eigenvalue weighted by atomic mass is 16.5. The van der Waals surface area contributed by atoms with E-state index in [1.807, 2.05) is 0 Å². The fourth-order valence-corrected chi connectivity index (χ4v) is 1.16. The average Bonchev–Trinajstić information content (AvgIpc) is 2.81. The summed E-state index contributed by atoms with van der Waals surface area (Å²) < 4.78 is 14.6. The first-order chi connectivity index (χ1) is 7.00. The van der Waals surface area contributed by atoms with Crippen LogP contribution in [-0.4, -0.2) is 39.6 Å². The number of hydrogen-bond donors (Lipinski definition) is 0. The second kappa shape index (κ2) is 9.44. The van der Waals surface area contributed by atoms with Crippen molar-refractivity contribution in [2.24, 2.45) is 0 Å². The van der Waals surface area contributed by atoms with Crippen molar-refractivity contribution in [3.8, 4) is 0 Å². The summed E-state index contributed by atoms with van der Waals surface area (Å²) in [6.45, 7) is 6.00. The van der Waals surface area contributed by atoms with Gasteiger partial charge in [-0.15, -0.1) is 0 Å². The van der Waals surface area contributed by atoms with Gasteiger partial charge < -0.3 is 14.2 Å². The molecule has 0 bridgehead atoms. The lowest BCUT2D eigenvalue weighted by atomic mass is 10.4. The monoisotopic (exact) mass is 202 g/mol. The maximum absolute atomic E-state index is 4.94. The SMILES string of the molecule is C1CCOC1.C1CCOC1.C1COC1. The molecule has 3 fully saturated rings. The van der Waals surface area contributed by atoms with E-state index in [2.05, 4.69) is 0 Å². The molecule has 0 amide bonds. The Bertz CT molecular complexity index is 75.9. The van der Waals surface area contributed by atoms with Crippen LogP contribution in [0.25, 0.3) is 0 Å². The highest BCUT2D eigenvalue weighted by molar-refractivity contribution is 4.44. The Balaban J connectivity index is 0.000000106. The molecule has 3 saturated heterocycles. The van der Waals surface area contributed by atoms with Crippen molar-refractivity contribution in [2.75, 3.05) is 39.6 Å². The van der Waals surface area contributed by atoms with E-state index in [1.54, 1.807) is 0 Å². The molecule has 0 atom stereocenters. The summed E-state index contributed by atoms with van der Waals surface area (Å²) in [6, 6.07) is 0. The molecular formula is C11H22O3. The summed E-state index contributed by atoms with van der Waals surface area (Å²) in [5.41, 5.74) is 0. The molecule has 0 saturated carbocycles. The first kappa shape index (κ1) is 12.0. The Morgan fingerprint density at radius 1 is 0.357 bits per heavy atom. The largest absolute Gasteiger partial charge is 0.381 e. The second-order valence-corrected chi connectivity index (χ2v) is 3.60. The van der Waals surface area contributed by atoms with Gasteiger partial charge in [-0.3, -0.25) is 0 Å². The molecule has 0 aromatic carbocycles. The minimum absolute atomic E-state index is 1.00. The van der Waals surface area contributed by atoms with Crippen molar-refractivity contribution in [2.45, 2.75) is 32.1 Å². The molecule has 84 valence electrons. The minimum atomic E-state index is 1.00. The van der Waals surface area contributed by atoms with Crippen LogP contribution in [0.3, 0.4) is 0 Å². The molecule has 0 aromatic heterocycles. The number of ether oxygens (including phenoxy) is 3. The highest BCUT2D eigenvalue weighted by Gasteiger charge is 1.95. The van der Waals surface area contributed by atoms with Crippen LogP contribution >= 0.6 is 0 Å². The lowest BCUT2D eigenvalue weighted by Gasteiger charge is -2.09. The zero-order chi connectivity index (χ0) is 9.90. The van der Waals surface area contributed by atoms with E-state index in [-0.39, 0.29) is 0 Å². The fraction of sp³-hybridized carbons (Fsp3) is 1.00. The van der Waals surface area contributed by atoms with Gasteiger partial charge in [-0.1, -0.05) is 0 Å². The summed E-state index contributed by atoms with van der Waals surface area (Å²) >= 11 is 0. The smallest absolute Gasteiger partial charge is 0.0488 e. The molecular weight excluding hydrogens is 180 g/mol.